The van der Waals surface area contributed by atoms with E-state index >= 15 is 0 Å². The van der Waals surface area contributed by atoms with Gasteiger partial charge in [-0.25, -0.2) is 9.50 Å². The van der Waals surface area contributed by atoms with Crippen molar-refractivity contribution in [3.05, 3.63) is 53.5 Å². The van der Waals surface area contributed by atoms with E-state index in [1.165, 1.54) is 0 Å². The van der Waals surface area contributed by atoms with E-state index in [0.29, 0.717) is 12.0 Å². The molecule has 0 fully saturated rings. The third-order valence-corrected chi connectivity index (χ3v) is 4.55. The van der Waals surface area contributed by atoms with Crippen LogP contribution in [0, 0.1) is 6.92 Å². The van der Waals surface area contributed by atoms with Crippen LogP contribution < -0.4 is 5.32 Å². The molecule has 0 spiro atoms. The van der Waals surface area contributed by atoms with Crippen LogP contribution in [-0.2, 0) is 6.42 Å². The third-order valence-electron chi connectivity index (χ3n) is 4.55. The number of hydrogen-bond donors (Lipinski definition) is 1. The van der Waals surface area contributed by atoms with Gasteiger partial charge in [-0.15, -0.1) is 0 Å². The van der Waals surface area contributed by atoms with Gasteiger partial charge in [-0.05, 0) is 32.3 Å². The van der Waals surface area contributed by atoms with Crippen LogP contribution in [0.5, 0.6) is 0 Å². The summed E-state index contributed by atoms with van der Waals surface area (Å²) in [7, 11) is 0. The summed E-state index contributed by atoms with van der Waals surface area (Å²) in [6.45, 7) is 8.07. The van der Waals surface area contributed by atoms with Crippen LogP contribution in [0.3, 0.4) is 0 Å². The number of hydrogen-bond acceptors (Lipinski definition) is 3. The Morgan fingerprint density at radius 2 is 1.96 bits per heavy atom. The molecule has 2 aromatic heterocycles. The molecule has 1 atom stereocenters. The maximum atomic E-state index is 12.6. The lowest BCUT2D eigenvalue weighted by atomic mass is 10.1. The lowest BCUT2D eigenvalue weighted by Crippen LogP contribution is -2.33. The standard InChI is InChI=1S/C20H24N4O/c1-5-13(3)22-20(25)16-12-21-19-18(15-10-8-7-9-11-15)14(4)23-24(19)17(16)6-2/h7-13H,5-6H2,1-4H3,(H,22,25)/t13-/m0/s1. The van der Waals surface area contributed by atoms with Gasteiger partial charge in [0.05, 0.1) is 17.0 Å². The van der Waals surface area contributed by atoms with Crippen LogP contribution >= 0.6 is 0 Å². The molecule has 0 aliphatic rings. The topological polar surface area (TPSA) is 59.3 Å². The average molecular weight is 336 g/mol. The molecule has 0 saturated carbocycles. The second kappa shape index (κ2) is 7.05. The fraction of sp³-hybridized carbons (Fsp3) is 0.350. The maximum Gasteiger partial charge on any atom is 0.254 e. The van der Waals surface area contributed by atoms with Crippen LogP contribution in [-0.4, -0.2) is 26.5 Å². The Bertz CT molecular complexity index is 899. The second-order valence-electron chi connectivity index (χ2n) is 6.32. The number of carbonyl (C=O) groups is 1. The zero-order valence-electron chi connectivity index (χ0n) is 15.2. The van der Waals surface area contributed by atoms with Crippen molar-refractivity contribution < 1.29 is 4.79 Å². The Morgan fingerprint density at radius 3 is 2.60 bits per heavy atom. The van der Waals surface area contributed by atoms with Crippen LogP contribution in [0.25, 0.3) is 16.8 Å². The van der Waals surface area contributed by atoms with Crippen LogP contribution in [0.4, 0.5) is 0 Å². The van der Waals surface area contributed by atoms with Crippen molar-refractivity contribution in [1.29, 1.82) is 0 Å². The number of carbonyl (C=O) groups excluding carboxylic acids is 1. The molecule has 1 N–H and O–H groups in total. The van der Waals surface area contributed by atoms with Gasteiger partial charge in [0.15, 0.2) is 5.65 Å². The zero-order valence-corrected chi connectivity index (χ0v) is 15.2. The molecule has 0 bridgehead atoms. The molecule has 3 aromatic rings. The fourth-order valence-electron chi connectivity index (χ4n) is 3.01. The molecule has 0 aliphatic heterocycles. The average Bonchev–Trinajstić information content (AvgIpc) is 2.97. The first-order valence-corrected chi connectivity index (χ1v) is 8.80. The Kier molecular flexibility index (Phi) is 4.83. The lowest BCUT2D eigenvalue weighted by molar-refractivity contribution is 0.0937. The highest BCUT2D eigenvalue weighted by molar-refractivity contribution is 5.96. The Morgan fingerprint density at radius 1 is 1.24 bits per heavy atom. The van der Waals surface area contributed by atoms with Gasteiger partial charge >= 0.3 is 0 Å². The van der Waals surface area contributed by atoms with Crippen molar-refractivity contribution in [3.8, 4) is 11.1 Å². The minimum atomic E-state index is -0.0879. The van der Waals surface area contributed by atoms with E-state index in [4.69, 9.17) is 0 Å². The zero-order chi connectivity index (χ0) is 18.0. The highest BCUT2D eigenvalue weighted by Gasteiger charge is 2.20. The Balaban J connectivity index is 2.14. The van der Waals surface area contributed by atoms with Gasteiger partial charge in [0.25, 0.3) is 5.91 Å². The van der Waals surface area contributed by atoms with Crippen LogP contribution in [0.15, 0.2) is 36.5 Å². The normalized spacial score (nSPS) is 12.3. The van der Waals surface area contributed by atoms with Gasteiger partial charge in [-0.2, -0.15) is 5.10 Å². The van der Waals surface area contributed by atoms with Crippen molar-refractivity contribution >= 4 is 11.6 Å². The van der Waals surface area contributed by atoms with Gasteiger partial charge in [0, 0.05) is 17.8 Å². The monoisotopic (exact) mass is 336 g/mol. The summed E-state index contributed by atoms with van der Waals surface area (Å²) in [6.07, 6.45) is 3.28. The molecule has 25 heavy (non-hydrogen) atoms. The molecular formula is C20H24N4O. The van der Waals surface area contributed by atoms with Crippen molar-refractivity contribution in [2.24, 2.45) is 0 Å². The number of amides is 1. The molecule has 0 saturated heterocycles. The van der Waals surface area contributed by atoms with E-state index in [0.717, 1.165) is 34.6 Å². The van der Waals surface area contributed by atoms with Crippen molar-refractivity contribution in [3.63, 3.8) is 0 Å². The molecule has 5 heteroatoms. The summed E-state index contributed by atoms with van der Waals surface area (Å²) in [5, 5.41) is 7.70. The van der Waals surface area contributed by atoms with Crippen molar-refractivity contribution in [2.45, 2.75) is 46.6 Å². The second-order valence-corrected chi connectivity index (χ2v) is 6.32. The summed E-state index contributed by atoms with van der Waals surface area (Å²) in [5.41, 5.74) is 5.28. The minimum absolute atomic E-state index is 0.0879. The number of rotatable bonds is 5. The van der Waals surface area contributed by atoms with Gasteiger partial charge < -0.3 is 5.32 Å². The van der Waals surface area contributed by atoms with E-state index in [1.54, 1.807) is 6.20 Å². The van der Waals surface area contributed by atoms with Crippen LogP contribution in [0.1, 0.15) is 48.9 Å². The van der Waals surface area contributed by atoms with Gasteiger partial charge in [-0.3, -0.25) is 4.79 Å². The quantitative estimate of drug-likeness (QED) is 0.771. The van der Waals surface area contributed by atoms with Gasteiger partial charge in [-0.1, -0.05) is 44.2 Å². The number of fused-ring (bicyclic) bond motifs is 1. The third kappa shape index (κ3) is 3.14. The number of aryl methyl sites for hydroxylation is 2. The molecule has 1 aromatic carbocycles. The maximum absolute atomic E-state index is 12.6. The molecule has 3 rings (SSSR count). The predicted octanol–water partition coefficient (Wildman–Crippen LogP) is 3.80. The van der Waals surface area contributed by atoms with Gasteiger partial charge in [0.2, 0.25) is 0 Å². The number of nitrogens with zero attached hydrogens (tertiary/aromatic N) is 3. The van der Waals surface area contributed by atoms with E-state index in [1.807, 2.05) is 43.5 Å². The summed E-state index contributed by atoms with van der Waals surface area (Å²) in [6, 6.07) is 10.3. The number of nitrogens with one attached hydrogen (secondary N) is 1. The smallest absolute Gasteiger partial charge is 0.254 e. The largest absolute Gasteiger partial charge is 0.349 e. The summed E-state index contributed by atoms with van der Waals surface area (Å²) >= 11 is 0. The molecule has 0 aliphatic carbocycles. The van der Waals surface area contributed by atoms with E-state index < -0.39 is 0 Å². The Labute approximate surface area is 148 Å². The highest BCUT2D eigenvalue weighted by Crippen LogP contribution is 2.28. The highest BCUT2D eigenvalue weighted by atomic mass is 16.1. The van der Waals surface area contributed by atoms with E-state index in [2.05, 4.69) is 34.5 Å². The minimum Gasteiger partial charge on any atom is -0.349 e. The summed E-state index contributed by atoms with van der Waals surface area (Å²) < 4.78 is 1.82. The first-order chi connectivity index (χ1) is 12.1. The molecule has 130 valence electrons. The molecular weight excluding hydrogens is 312 g/mol. The fourth-order valence-corrected chi connectivity index (χ4v) is 3.01. The number of benzene rings is 1. The molecule has 1 amide bonds. The van der Waals surface area contributed by atoms with E-state index in [9.17, 15) is 4.79 Å². The van der Waals surface area contributed by atoms with E-state index in [-0.39, 0.29) is 11.9 Å². The summed E-state index contributed by atoms with van der Waals surface area (Å²) in [4.78, 5) is 17.2. The molecule has 0 unspecified atom stereocenters. The van der Waals surface area contributed by atoms with Crippen LogP contribution in [0.2, 0.25) is 0 Å². The number of aromatic nitrogens is 3. The summed E-state index contributed by atoms with van der Waals surface area (Å²) in [5.74, 6) is -0.0879. The molecule has 0 radical (unpaired) electrons. The first-order valence-electron chi connectivity index (χ1n) is 8.80. The van der Waals surface area contributed by atoms with Crippen molar-refractivity contribution in [2.75, 3.05) is 0 Å². The predicted molar refractivity (Wildman–Crippen MR) is 99.8 cm³/mol. The van der Waals surface area contributed by atoms with Crippen molar-refractivity contribution in [1.82, 2.24) is 19.9 Å². The SMILES string of the molecule is CCc1c(C(=O)N[C@@H](C)CC)cnc2c(-c3ccccc3)c(C)nn12. The lowest BCUT2D eigenvalue weighted by Gasteiger charge is -2.14. The van der Waals surface area contributed by atoms with Gasteiger partial charge in [0.1, 0.15) is 0 Å². The first kappa shape index (κ1) is 17.1. The Hall–Kier alpha value is -2.69. The molecule has 5 nitrogen and oxygen atoms in total. The molecule has 2 heterocycles.